The number of cyclic esters (lactones) is 2. The molecule has 0 saturated heterocycles. The first kappa shape index (κ1) is 13.2. The highest BCUT2D eigenvalue weighted by Crippen LogP contribution is 2.26. The molecule has 0 bridgehead atoms. The molecular formula is C12H10O7. The normalized spacial score (nSPS) is 16.7. The zero-order valence-corrected chi connectivity index (χ0v) is 9.57. The number of aliphatic hydroxyl groups is 2. The van der Waals surface area contributed by atoms with Crippen LogP contribution < -0.4 is 0 Å². The van der Waals surface area contributed by atoms with E-state index >= 15 is 0 Å². The molecule has 1 heterocycles. The van der Waals surface area contributed by atoms with Crippen LogP contribution in [0, 0.1) is 0 Å². The Morgan fingerprint density at radius 1 is 1.16 bits per heavy atom. The summed E-state index contributed by atoms with van der Waals surface area (Å²) in [6, 6.07) is 3.82. The second-order valence-electron chi connectivity index (χ2n) is 4.09. The molecule has 0 fully saturated rings. The largest absolute Gasteiger partial charge is 0.481 e. The lowest BCUT2D eigenvalue weighted by Crippen LogP contribution is -2.22. The summed E-state index contributed by atoms with van der Waals surface area (Å²) in [5.41, 5.74) is 0.205. The Kier molecular flexibility index (Phi) is 3.32. The van der Waals surface area contributed by atoms with Gasteiger partial charge in [0.15, 0.2) is 0 Å². The summed E-state index contributed by atoms with van der Waals surface area (Å²) >= 11 is 0. The summed E-state index contributed by atoms with van der Waals surface area (Å²) in [6.07, 6.45) is -3.62. The van der Waals surface area contributed by atoms with Crippen molar-refractivity contribution in [2.45, 2.75) is 18.6 Å². The molecule has 1 aliphatic heterocycles. The number of aliphatic hydroxyl groups excluding tert-OH is 2. The minimum absolute atomic E-state index is 0.0101. The summed E-state index contributed by atoms with van der Waals surface area (Å²) in [5, 5.41) is 27.8. The SMILES string of the molecule is O=C(O)CC(O)C(O)c1ccc2c(c1)C(=O)OC2=O. The molecule has 0 spiro atoms. The maximum Gasteiger partial charge on any atom is 0.346 e. The number of carboxylic acids is 1. The number of carbonyl (C=O) groups is 3. The van der Waals surface area contributed by atoms with Crippen molar-refractivity contribution in [2.24, 2.45) is 0 Å². The van der Waals surface area contributed by atoms with E-state index in [0.717, 1.165) is 0 Å². The van der Waals surface area contributed by atoms with Gasteiger partial charge < -0.3 is 20.1 Å². The van der Waals surface area contributed by atoms with Gasteiger partial charge in [-0.1, -0.05) is 6.07 Å². The number of hydrogen-bond acceptors (Lipinski definition) is 6. The summed E-state index contributed by atoms with van der Waals surface area (Å²) in [7, 11) is 0. The Morgan fingerprint density at radius 3 is 2.42 bits per heavy atom. The van der Waals surface area contributed by atoms with Crippen molar-refractivity contribution in [2.75, 3.05) is 0 Å². The van der Waals surface area contributed by atoms with Crippen LogP contribution >= 0.6 is 0 Å². The van der Waals surface area contributed by atoms with Gasteiger partial charge in [0.05, 0.1) is 23.7 Å². The maximum absolute atomic E-state index is 11.3. The number of rotatable bonds is 4. The van der Waals surface area contributed by atoms with E-state index in [0.29, 0.717) is 0 Å². The third-order valence-corrected chi connectivity index (χ3v) is 2.76. The van der Waals surface area contributed by atoms with Gasteiger partial charge in [-0.15, -0.1) is 0 Å². The van der Waals surface area contributed by atoms with E-state index < -0.39 is 36.5 Å². The van der Waals surface area contributed by atoms with Crippen LogP contribution in [0.4, 0.5) is 0 Å². The van der Waals surface area contributed by atoms with Gasteiger partial charge in [0.25, 0.3) is 0 Å². The average molecular weight is 266 g/mol. The van der Waals surface area contributed by atoms with Crippen LogP contribution in [0.2, 0.25) is 0 Å². The van der Waals surface area contributed by atoms with E-state index in [2.05, 4.69) is 4.74 Å². The van der Waals surface area contributed by atoms with Gasteiger partial charge in [-0.05, 0) is 17.7 Å². The molecule has 2 rings (SSSR count). The van der Waals surface area contributed by atoms with Crippen molar-refractivity contribution < 1.29 is 34.4 Å². The van der Waals surface area contributed by atoms with Crippen molar-refractivity contribution >= 4 is 17.9 Å². The molecule has 1 aromatic rings. The second kappa shape index (κ2) is 4.79. The topological polar surface area (TPSA) is 121 Å². The first-order valence-electron chi connectivity index (χ1n) is 5.38. The van der Waals surface area contributed by atoms with Crippen molar-refractivity contribution in [3.8, 4) is 0 Å². The minimum atomic E-state index is -1.51. The lowest BCUT2D eigenvalue weighted by atomic mass is 9.98. The summed E-state index contributed by atoms with van der Waals surface area (Å²) < 4.78 is 4.38. The molecule has 0 saturated carbocycles. The molecule has 0 amide bonds. The van der Waals surface area contributed by atoms with Crippen LogP contribution in [-0.4, -0.2) is 39.3 Å². The van der Waals surface area contributed by atoms with E-state index in [1.807, 2.05) is 0 Å². The van der Waals surface area contributed by atoms with Gasteiger partial charge in [0.1, 0.15) is 6.10 Å². The average Bonchev–Trinajstić information content (AvgIpc) is 2.63. The van der Waals surface area contributed by atoms with Crippen LogP contribution in [0.5, 0.6) is 0 Å². The Balaban J connectivity index is 2.28. The monoisotopic (exact) mass is 266 g/mol. The zero-order valence-electron chi connectivity index (χ0n) is 9.57. The third-order valence-electron chi connectivity index (χ3n) is 2.76. The molecule has 1 aromatic carbocycles. The van der Waals surface area contributed by atoms with Gasteiger partial charge in [0.2, 0.25) is 0 Å². The van der Waals surface area contributed by atoms with Gasteiger partial charge >= 0.3 is 17.9 Å². The minimum Gasteiger partial charge on any atom is -0.481 e. The Labute approximate surface area is 107 Å². The molecule has 0 aromatic heterocycles. The zero-order chi connectivity index (χ0) is 14.2. The molecule has 0 aliphatic carbocycles. The molecule has 100 valence electrons. The van der Waals surface area contributed by atoms with E-state index in [1.165, 1.54) is 18.2 Å². The lowest BCUT2D eigenvalue weighted by Gasteiger charge is -2.16. The van der Waals surface area contributed by atoms with E-state index in [-0.39, 0.29) is 16.7 Å². The van der Waals surface area contributed by atoms with Crippen molar-refractivity contribution in [3.63, 3.8) is 0 Å². The third kappa shape index (κ3) is 2.47. The maximum atomic E-state index is 11.3. The highest BCUT2D eigenvalue weighted by atomic mass is 16.6. The van der Waals surface area contributed by atoms with Crippen molar-refractivity contribution in [1.29, 1.82) is 0 Å². The molecule has 0 radical (unpaired) electrons. The van der Waals surface area contributed by atoms with Crippen molar-refractivity contribution in [1.82, 2.24) is 0 Å². The number of fused-ring (bicyclic) bond motifs is 1. The number of ether oxygens (including phenoxy) is 1. The number of benzene rings is 1. The number of aliphatic carboxylic acids is 1. The molecule has 19 heavy (non-hydrogen) atoms. The fraction of sp³-hybridized carbons (Fsp3) is 0.250. The summed E-state index contributed by atoms with van der Waals surface area (Å²) in [5.74, 6) is -2.86. The number of carbonyl (C=O) groups excluding carboxylic acids is 2. The quantitative estimate of drug-likeness (QED) is 0.512. The number of carboxylic acid groups (broad SMARTS) is 1. The molecular weight excluding hydrogens is 256 g/mol. The van der Waals surface area contributed by atoms with E-state index in [4.69, 9.17) is 5.11 Å². The van der Waals surface area contributed by atoms with Crippen LogP contribution in [0.25, 0.3) is 0 Å². The molecule has 7 nitrogen and oxygen atoms in total. The predicted molar refractivity (Wildman–Crippen MR) is 59.4 cm³/mol. The van der Waals surface area contributed by atoms with Crippen LogP contribution in [0.15, 0.2) is 18.2 Å². The first-order chi connectivity index (χ1) is 8.90. The van der Waals surface area contributed by atoms with Gasteiger partial charge in [0, 0.05) is 0 Å². The number of esters is 2. The van der Waals surface area contributed by atoms with Gasteiger partial charge in [-0.2, -0.15) is 0 Å². The molecule has 2 atom stereocenters. The fourth-order valence-corrected chi connectivity index (χ4v) is 1.80. The van der Waals surface area contributed by atoms with Crippen molar-refractivity contribution in [3.05, 3.63) is 34.9 Å². The standard InChI is InChI=1S/C12H10O7/c13-8(4-9(14)15)10(16)5-1-2-6-7(3-5)12(18)19-11(6)17/h1-3,8,10,13,16H,4H2,(H,14,15). The molecule has 3 N–H and O–H groups in total. The Bertz CT molecular complexity index is 563. The molecule has 7 heteroatoms. The van der Waals surface area contributed by atoms with Crippen LogP contribution in [0.3, 0.4) is 0 Å². The highest BCUT2D eigenvalue weighted by Gasteiger charge is 2.31. The smallest absolute Gasteiger partial charge is 0.346 e. The predicted octanol–water partition coefficient (Wildman–Crippen LogP) is -0.134. The number of hydrogen-bond donors (Lipinski definition) is 3. The van der Waals surface area contributed by atoms with Crippen LogP contribution in [0.1, 0.15) is 38.8 Å². The van der Waals surface area contributed by atoms with Gasteiger partial charge in [-0.25, -0.2) is 9.59 Å². The summed E-state index contributed by atoms with van der Waals surface area (Å²) in [4.78, 5) is 33.0. The first-order valence-corrected chi connectivity index (χ1v) is 5.38. The van der Waals surface area contributed by atoms with Gasteiger partial charge in [-0.3, -0.25) is 4.79 Å². The van der Waals surface area contributed by atoms with E-state index in [1.54, 1.807) is 0 Å². The lowest BCUT2D eigenvalue weighted by molar-refractivity contribution is -0.141. The highest BCUT2D eigenvalue weighted by molar-refractivity contribution is 6.14. The second-order valence-corrected chi connectivity index (χ2v) is 4.09. The fourth-order valence-electron chi connectivity index (χ4n) is 1.80. The Hall–Kier alpha value is -2.25. The summed E-state index contributed by atoms with van der Waals surface area (Å²) in [6.45, 7) is 0. The van der Waals surface area contributed by atoms with E-state index in [9.17, 15) is 24.6 Å². The van der Waals surface area contributed by atoms with Crippen LogP contribution in [-0.2, 0) is 9.53 Å². The Morgan fingerprint density at radius 2 is 1.79 bits per heavy atom. The molecule has 1 aliphatic rings. The molecule has 2 unspecified atom stereocenters.